The van der Waals surface area contributed by atoms with Gasteiger partial charge in [0.1, 0.15) is 13.1 Å². The largest absolute Gasteiger partial charge is 0.468 e. The number of nitrogens with one attached hydrogen (secondary N) is 2. The monoisotopic (exact) mass is 420 g/mol. The first kappa shape index (κ1) is 21.2. The Bertz CT molecular complexity index is 972. The van der Waals surface area contributed by atoms with E-state index in [0.29, 0.717) is 0 Å². The average Bonchev–Trinajstić information content (AvgIpc) is 3.05. The Labute approximate surface area is 157 Å². The SMILES string of the molecule is COC(=O)Cn1cc(NS(=O)(=O)c2cccc(C(=O)NCC(F)(F)F)c2)cn1. The molecule has 1 heterocycles. The van der Waals surface area contributed by atoms with Gasteiger partial charge in [-0.2, -0.15) is 18.3 Å². The highest BCUT2D eigenvalue weighted by molar-refractivity contribution is 7.92. The second-order valence-electron chi connectivity index (χ2n) is 5.43. The van der Waals surface area contributed by atoms with Gasteiger partial charge in [0.25, 0.3) is 15.9 Å². The lowest BCUT2D eigenvalue weighted by Gasteiger charge is -2.10. The van der Waals surface area contributed by atoms with Crippen molar-refractivity contribution in [3.63, 3.8) is 0 Å². The molecule has 1 aromatic carbocycles. The molecule has 9 nitrogen and oxygen atoms in total. The van der Waals surface area contributed by atoms with Gasteiger partial charge in [0.2, 0.25) is 0 Å². The maximum Gasteiger partial charge on any atom is 0.405 e. The van der Waals surface area contributed by atoms with Crippen molar-refractivity contribution >= 4 is 27.6 Å². The van der Waals surface area contributed by atoms with E-state index in [-0.39, 0.29) is 22.7 Å². The van der Waals surface area contributed by atoms with Crippen molar-refractivity contribution in [1.82, 2.24) is 15.1 Å². The minimum atomic E-state index is -4.59. The van der Waals surface area contributed by atoms with E-state index in [0.717, 1.165) is 16.9 Å². The molecule has 0 spiro atoms. The van der Waals surface area contributed by atoms with E-state index >= 15 is 0 Å². The number of alkyl halides is 3. The third-order valence-corrected chi connectivity index (χ3v) is 4.64. The fourth-order valence-corrected chi connectivity index (χ4v) is 3.07. The normalized spacial score (nSPS) is 11.7. The number of halogens is 3. The van der Waals surface area contributed by atoms with Crippen LogP contribution in [0.25, 0.3) is 0 Å². The molecular weight excluding hydrogens is 405 g/mol. The number of ether oxygens (including phenoxy) is 1. The Morgan fingerprint density at radius 2 is 2.00 bits per heavy atom. The van der Waals surface area contributed by atoms with Crippen molar-refractivity contribution < 1.29 is 35.9 Å². The Morgan fingerprint density at radius 3 is 2.64 bits per heavy atom. The second-order valence-corrected chi connectivity index (χ2v) is 7.12. The van der Waals surface area contributed by atoms with Crippen molar-refractivity contribution in [2.45, 2.75) is 17.6 Å². The number of hydrogen-bond acceptors (Lipinski definition) is 6. The molecule has 1 aromatic heterocycles. The van der Waals surface area contributed by atoms with Crippen molar-refractivity contribution in [3.8, 4) is 0 Å². The van der Waals surface area contributed by atoms with Gasteiger partial charge in [0.05, 0.1) is 23.9 Å². The molecule has 0 saturated carbocycles. The summed E-state index contributed by atoms with van der Waals surface area (Å²) in [6.07, 6.45) is -2.19. The minimum Gasteiger partial charge on any atom is -0.468 e. The first-order valence-corrected chi connectivity index (χ1v) is 9.05. The zero-order valence-corrected chi connectivity index (χ0v) is 15.2. The predicted molar refractivity (Wildman–Crippen MR) is 89.9 cm³/mol. The summed E-state index contributed by atoms with van der Waals surface area (Å²) in [5, 5.41) is 5.45. The minimum absolute atomic E-state index is 0.0378. The molecule has 0 bridgehead atoms. The molecule has 0 saturated heterocycles. The number of carbonyl (C=O) groups excluding carboxylic acids is 2. The molecule has 28 heavy (non-hydrogen) atoms. The topological polar surface area (TPSA) is 119 Å². The summed E-state index contributed by atoms with van der Waals surface area (Å²) >= 11 is 0. The van der Waals surface area contributed by atoms with Crippen LogP contribution >= 0.6 is 0 Å². The van der Waals surface area contributed by atoms with Crippen LogP contribution in [-0.4, -0.2) is 49.9 Å². The van der Waals surface area contributed by atoms with E-state index in [1.54, 1.807) is 5.32 Å². The van der Waals surface area contributed by atoms with E-state index in [1.165, 1.54) is 31.5 Å². The van der Waals surface area contributed by atoms with E-state index < -0.39 is 34.6 Å². The Kier molecular flexibility index (Phi) is 6.28. The number of carbonyl (C=O) groups is 2. The molecule has 2 rings (SSSR count). The Balaban J connectivity index is 2.13. The number of benzene rings is 1. The number of amides is 1. The fraction of sp³-hybridized carbons (Fsp3) is 0.267. The summed E-state index contributed by atoms with van der Waals surface area (Å²) < 4.78 is 69.2. The standard InChI is InChI=1S/C15H15F3N4O5S/c1-27-13(23)8-22-7-11(6-20-22)21-28(25,26)12-4-2-3-10(5-12)14(24)19-9-15(16,17)18/h2-7,21H,8-9H2,1H3,(H,19,24). The summed E-state index contributed by atoms with van der Waals surface area (Å²) in [5.41, 5.74) is -0.218. The Hall–Kier alpha value is -3.09. The van der Waals surface area contributed by atoms with Crippen LogP contribution < -0.4 is 10.0 Å². The molecule has 0 atom stereocenters. The summed E-state index contributed by atoms with van der Waals surface area (Å²) in [5.74, 6) is -1.66. The number of aromatic nitrogens is 2. The number of sulfonamides is 1. The molecule has 0 unspecified atom stereocenters. The average molecular weight is 420 g/mol. The predicted octanol–water partition coefficient (Wildman–Crippen LogP) is 1.15. The van der Waals surface area contributed by atoms with Gasteiger partial charge in [-0.3, -0.25) is 19.0 Å². The first-order valence-electron chi connectivity index (χ1n) is 7.57. The lowest BCUT2D eigenvalue weighted by molar-refractivity contribution is -0.141. The molecule has 0 radical (unpaired) electrons. The number of methoxy groups -OCH3 is 1. The molecule has 13 heteroatoms. The van der Waals surface area contributed by atoms with Crippen LogP contribution in [0.4, 0.5) is 18.9 Å². The maximum absolute atomic E-state index is 12.4. The van der Waals surface area contributed by atoms with Crippen molar-refractivity contribution in [2.24, 2.45) is 0 Å². The molecule has 152 valence electrons. The van der Waals surface area contributed by atoms with Crippen molar-refractivity contribution in [2.75, 3.05) is 18.4 Å². The van der Waals surface area contributed by atoms with Gasteiger partial charge >= 0.3 is 12.1 Å². The summed E-state index contributed by atoms with van der Waals surface area (Å²) in [6, 6.07) is 4.51. The van der Waals surface area contributed by atoms with E-state index in [2.05, 4.69) is 14.6 Å². The molecule has 2 N–H and O–H groups in total. The van der Waals surface area contributed by atoms with Crippen LogP contribution in [0.1, 0.15) is 10.4 Å². The van der Waals surface area contributed by atoms with Crippen LogP contribution in [0.15, 0.2) is 41.6 Å². The molecule has 1 amide bonds. The van der Waals surface area contributed by atoms with Gasteiger partial charge < -0.3 is 10.1 Å². The quantitative estimate of drug-likeness (QED) is 0.649. The Morgan fingerprint density at radius 1 is 1.29 bits per heavy atom. The number of esters is 1. The fourth-order valence-electron chi connectivity index (χ4n) is 2.00. The number of nitrogens with zero attached hydrogens (tertiary/aromatic N) is 2. The number of anilines is 1. The molecule has 2 aromatic rings. The van der Waals surface area contributed by atoms with Crippen molar-refractivity contribution in [3.05, 3.63) is 42.2 Å². The highest BCUT2D eigenvalue weighted by atomic mass is 32.2. The summed E-state index contributed by atoms with van der Waals surface area (Å²) in [7, 11) is -2.97. The van der Waals surface area contributed by atoms with Crippen LogP contribution in [0.2, 0.25) is 0 Å². The zero-order valence-electron chi connectivity index (χ0n) is 14.4. The third-order valence-electron chi connectivity index (χ3n) is 3.26. The smallest absolute Gasteiger partial charge is 0.405 e. The molecule has 0 aliphatic heterocycles. The van der Waals surface area contributed by atoms with Crippen LogP contribution in [0, 0.1) is 0 Å². The molecule has 0 aliphatic carbocycles. The maximum atomic E-state index is 12.4. The molecule has 0 aliphatic rings. The van der Waals surface area contributed by atoms with Gasteiger partial charge in [-0.1, -0.05) is 6.07 Å². The third kappa shape index (κ3) is 5.97. The van der Waals surface area contributed by atoms with E-state index in [4.69, 9.17) is 0 Å². The molecular formula is C15H15F3N4O5S. The lowest BCUT2D eigenvalue weighted by Crippen LogP contribution is -2.33. The second kappa shape index (κ2) is 8.29. The van der Waals surface area contributed by atoms with E-state index in [9.17, 15) is 31.2 Å². The molecule has 0 fully saturated rings. The highest BCUT2D eigenvalue weighted by Crippen LogP contribution is 2.17. The van der Waals surface area contributed by atoms with E-state index in [1.807, 2.05) is 0 Å². The van der Waals surface area contributed by atoms with Crippen molar-refractivity contribution in [1.29, 1.82) is 0 Å². The van der Waals surface area contributed by atoms with Gasteiger partial charge in [-0.15, -0.1) is 0 Å². The number of rotatable bonds is 7. The van der Waals surface area contributed by atoms with Crippen LogP contribution in [0.3, 0.4) is 0 Å². The first-order chi connectivity index (χ1) is 13.0. The van der Waals surface area contributed by atoms with Gasteiger partial charge in [-0.05, 0) is 18.2 Å². The van der Waals surface area contributed by atoms with Crippen LogP contribution in [0.5, 0.6) is 0 Å². The van der Waals surface area contributed by atoms with Gasteiger partial charge in [-0.25, -0.2) is 8.42 Å². The number of hydrogen-bond donors (Lipinski definition) is 2. The lowest BCUT2D eigenvalue weighted by atomic mass is 10.2. The summed E-state index contributed by atoms with van der Waals surface area (Å²) in [4.78, 5) is 22.6. The van der Waals surface area contributed by atoms with Gasteiger partial charge in [0, 0.05) is 11.8 Å². The summed E-state index contributed by atoms with van der Waals surface area (Å²) in [6.45, 7) is -1.77. The van der Waals surface area contributed by atoms with Crippen LogP contribution in [-0.2, 0) is 26.1 Å². The van der Waals surface area contributed by atoms with Gasteiger partial charge in [0.15, 0.2) is 0 Å². The zero-order chi connectivity index (χ0) is 20.9. The highest BCUT2D eigenvalue weighted by Gasteiger charge is 2.28.